The van der Waals surface area contributed by atoms with Crippen LogP contribution >= 0.6 is 38.9 Å². The summed E-state index contributed by atoms with van der Waals surface area (Å²) in [6.07, 6.45) is 1.28. The lowest BCUT2D eigenvalue weighted by molar-refractivity contribution is -0.132. The molecule has 0 radical (unpaired) electrons. The van der Waals surface area contributed by atoms with Gasteiger partial charge in [-0.15, -0.1) is 11.3 Å². The SMILES string of the molecule is N#CC(=Cc1cc(Br)c(Cl)s1)C(=O)O. The number of aliphatic carboxylic acids is 1. The molecule has 1 aromatic heterocycles. The molecule has 0 saturated carbocycles. The monoisotopic (exact) mass is 291 g/mol. The summed E-state index contributed by atoms with van der Waals surface area (Å²) < 4.78 is 1.22. The second kappa shape index (κ2) is 4.60. The van der Waals surface area contributed by atoms with Crippen molar-refractivity contribution in [2.45, 2.75) is 0 Å². The van der Waals surface area contributed by atoms with E-state index in [-0.39, 0.29) is 5.57 Å². The van der Waals surface area contributed by atoms with Crippen molar-refractivity contribution in [2.24, 2.45) is 0 Å². The number of carboxylic acid groups (broad SMARTS) is 1. The molecule has 1 N–H and O–H groups in total. The first kappa shape index (κ1) is 11.2. The summed E-state index contributed by atoms with van der Waals surface area (Å²) in [6, 6.07) is 3.25. The molecule has 0 aliphatic rings. The first-order chi connectivity index (χ1) is 6.54. The molecule has 0 aliphatic heterocycles. The molecule has 0 saturated heterocycles. The first-order valence-corrected chi connectivity index (χ1v) is 5.33. The summed E-state index contributed by atoms with van der Waals surface area (Å²) in [7, 11) is 0. The number of thiophene rings is 1. The molecular formula is C8H3BrClNO2S. The highest BCUT2D eigenvalue weighted by molar-refractivity contribution is 9.10. The zero-order valence-corrected chi connectivity index (χ0v) is 9.78. The van der Waals surface area contributed by atoms with Crippen LogP contribution in [0.1, 0.15) is 4.88 Å². The zero-order valence-electron chi connectivity index (χ0n) is 6.62. The highest BCUT2D eigenvalue weighted by Crippen LogP contribution is 2.33. The Morgan fingerprint density at radius 1 is 1.79 bits per heavy atom. The van der Waals surface area contributed by atoms with E-state index in [1.807, 2.05) is 0 Å². The number of carbonyl (C=O) groups is 1. The normalized spacial score (nSPS) is 11.1. The van der Waals surface area contributed by atoms with Crippen LogP contribution in [0.5, 0.6) is 0 Å². The van der Waals surface area contributed by atoms with Crippen molar-refractivity contribution in [3.63, 3.8) is 0 Å². The third-order valence-corrected chi connectivity index (χ3v) is 3.72. The van der Waals surface area contributed by atoms with E-state index in [0.29, 0.717) is 13.7 Å². The van der Waals surface area contributed by atoms with Crippen molar-refractivity contribution in [1.29, 1.82) is 5.26 Å². The van der Waals surface area contributed by atoms with Gasteiger partial charge < -0.3 is 5.11 Å². The Morgan fingerprint density at radius 2 is 2.43 bits per heavy atom. The second-order valence-corrected chi connectivity index (χ2v) is 4.79. The Balaban J connectivity index is 3.08. The molecule has 72 valence electrons. The van der Waals surface area contributed by atoms with Gasteiger partial charge in [-0.3, -0.25) is 0 Å². The van der Waals surface area contributed by atoms with E-state index >= 15 is 0 Å². The molecule has 3 nitrogen and oxygen atoms in total. The highest BCUT2D eigenvalue weighted by Gasteiger charge is 2.08. The Morgan fingerprint density at radius 3 is 2.79 bits per heavy atom. The molecule has 0 bridgehead atoms. The summed E-state index contributed by atoms with van der Waals surface area (Å²) in [6.45, 7) is 0. The van der Waals surface area contributed by atoms with Gasteiger partial charge in [-0.1, -0.05) is 11.6 Å². The molecule has 0 atom stereocenters. The number of halogens is 2. The third-order valence-electron chi connectivity index (χ3n) is 1.30. The number of hydrogen-bond donors (Lipinski definition) is 1. The number of rotatable bonds is 2. The van der Waals surface area contributed by atoms with Crippen molar-refractivity contribution >= 4 is 50.9 Å². The Labute approximate surface area is 97.4 Å². The maximum atomic E-state index is 10.5. The van der Waals surface area contributed by atoms with Crippen LogP contribution in [-0.4, -0.2) is 11.1 Å². The van der Waals surface area contributed by atoms with E-state index in [4.69, 9.17) is 22.0 Å². The minimum atomic E-state index is -1.24. The Bertz CT molecular complexity index is 427. The Hall–Kier alpha value is -0.830. The third kappa shape index (κ3) is 2.58. The van der Waals surface area contributed by atoms with Crippen molar-refractivity contribution < 1.29 is 9.90 Å². The zero-order chi connectivity index (χ0) is 10.7. The molecule has 0 amide bonds. The van der Waals surface area contributed by atoms with Crippen LogP contribution in [0, 0.1) is 11.3 Å². The molecule has 0 aromatic carbocycles. The number of carboxylic acids is 1. The van der Waals surface area contributed by atoms with Gasteiger partial charge in [0.2, 0.25) is 0 Å². The predicted molar refractivity (Wildman–Crippen MR) is 58.3 cm³/mol. The maximum absolute atomic E-state index is 10.5. The van der Waals surface area contributed by atoms with Crippen molar-refractivity contribution in [3.8, 4) is 6.07 Å². The first-order valence-electron chi connectivity index (χ1n) is 3.34. The van der Waals surface area contributed by atoms with E-state index in [1.165, 1.54) is 17.4 Å². The van der Waals surface area contributed by atoms with E-state index in [2.05, 4.69) is 15.9 Å². The van der Waals surface area contributed by atoms with Crippen LogP contribution in [-0.2, 0) is 4.79 Å². The quantitative estimate of drug-likeness (QED) is 0.673. The van der Waals surface area contributed by atoms with E-state index in [1.54, 1.807) is 12.1 Å². The van der Waals surface area contributed by atoms with E-state index in [9.17, 15) is 4.79 Å². The minimum Gasteiger partial charge on any atom is -0.477 e. The van der Waals surface area contributed by atoms with Crippen LogP contribution in [0.25, 0.3) is 6.08 Å². The van der Waals surface area contributed by atoms with Crippen molar-refractivity contribution in [2.75, 3.05) is 0 Å². The van der Waals surface area contributed by atoms with Gasteiger partial charge in [0.05, 0.1) is 0 Å². The fraction of sp³-hybridized carbons (Fsp3) is 0. The summed E-state index contributed by atoms with van der Waals surface area (Å²) in [5, 5.41) is 17.1. The topological polar surface area (TPSA) is 61.1 Å². The number of nitrogens with zero attached hydrogens (tertiary/aromatic N) is 1. The lowest BCUT2D eigenvalue weighted by Gasteiger charge is -1.86. The smallest absolute Gasteiger partial charge is 0.346 e. The standard InChI is InChI=1S/C8H3BrClNO2S/c9-6-2-5(14-7(6)10)1-4(3-11)8(12)13/h1-2H,(H,12,13). The fourth-order valence-corrected chi connectivity index (χ4v) is 2.40. The largest absolute Gasteiger partial charge is 0.477 e. The molecule has 14 heavy (non-hydrogen) atoms. The summed E-state index contributed by atoms with van der Waals surface area (Å²) in [4.78, 5) is 11.1. The van der Waals surface area contributed by atoms with Crippen LogP contribution in [0.3, 0.4) is 0 Å². The minimum absolute atomic E-state index is 0.310. The molecule has 0 spiro atoms. The maximum Gasteiger partial charge on any atom is 0.346 e. The highest BCUT2D eigenvalue weighted by atomic mass is 79.9. The van der Waals surface area contributed by atoms with Gasteiger partial charge >= 0.3 is 5.97 Å². The average molecular weight is 293 g/mol. The number of hydrogen-bond acceptors (Lipinski definition) is 3. The van der Waals surface area contributed by atoms with E-state index in [0.717, 1.165) is 0 Å². The van der Waals surface area contributed by atoms with Gasteiger partial charge in [-0.05, 0) is 28.1 Å². The molecule has 6 heteroatoms. The average Bonchev–Trinajstić information content (AvgIpc) is 2.41. The summed E-state index contributed by atoms with van der Waals surface area (Å²) >= 11 is 10.1. The fourth-order valence-electron chi connectivity index (χ4n) is 0.719. The summed E-state index contributed by atoms with van der Waals surface area (Å²) in [5.41, 5.74) is -0.310. The van der Waals surface area contributed by atoms with Gasteiger partial charge in [0, 0.05) is 9.35 Å². The second-order valence-electron chi connectivity index (χ2n) is 2.25. The molecule has 0 unspecified atom stereocenters. The predicted octanol–water partition coefficient (Wildman–Crippen LogP) is 3.16. The van der Waals surface area contributed by atoms with Gasteiger partial charge in [0.15, 0.2) is 0 Å². The lowest BCUT2D eigenvalue weighted by atomic mass is 10.2. The number of nitriles is 1. The van der Waals surface area contributed by atoms with Gasteiger partial charge in [-0.25, -0.2) is 4.79 Å². The van der Waals surface area contributed by atoms with Gasteiger partial charge in [-0.2, -0.15) is 5.26 Å². The van der Waals surface area contributed by atoms with E-state index < -0.39 is 5.97 Å². The molecule has 1 aromatic rings. The molecular weight excluding hydrogens is 290 g/mol. The van der Waals surface area contributed by atoms with Crippen molar-refractivity contribution in [3.05, 3.63) is 25.3 Å². The van der Waals surface area contributed by atoms with Crippen LogP contribution in [0.15, 0.2) is 16.1 Å². The van der Waals surface area contributed by atoms with Crippen LogP contribution in [0.4, 0.5) is 0 Å². The van der Waals surface area contributed by atoms with Gasteiger partial charge in [0.25, 0.3) is 0 Å². The van der Waals surface area contributed by atoms with Gasteiger partial charge in [0.1, 0.15) is 16.0 Å². The molecule has 1 rings (SSSR count). The molecule has 0 aliphatic carbocycles. The molecule has 0 fully saturated rings. The van der Waals surface area contributed by atoms with Crippen LogP contribution in [0.2, 0.25) is 4.34 Å². The van der Waals surface area contributed by atoms with Crippen LogP contribution < -0.4 is 0 Å². The Kier molecular flexibility index (Phi) is 3.69. The summed E-state index contributed by atoms with van der Waals surface area (Å²) in [5.74, 6) is -1.24. The molecule has 1 heterocycles. The van der Waals surface area contributed by atoms with Crippen molar-refractivity contribution in [1.82, 2.24) is 0 Å². The lowest BCUT2D eigenvalue weighted by Crippen LogP contribution is -1.96.